The summed E-state index contributed by atoms with van der Waals surface area (Å²) in [6.07, 6.45) is -0.933. The summed E-state index contributed by atoms with van der Waals surface area (Å²) < 4.78 is 24.9. The summed E-state index contributed by atoms with van der Waals surface area (Å²) in [5, 5.41) is 24.8. The molecule has 0 radical (unpaired) electrons. The summed E-state index contributed by atoms with van der Waals surface area (Å²) in [6.45, 7) is 5.75. The first-order valence-electron chi connectivity index (χ1n) is 9.64. The van der Waals surface area contributed by atoms with Gasteiger partial charge in [0.15, 0.2) is 0 Å². The third-order valence-electron chi connectivity index (χ3n) is 5.35. The Kier molecular flexibility index (Phi) is 4.96. The number of aromatic nitrogens is 1. The van der Waals surface area contributed by atoms with Crippen molar-refractivity contribution in [3.05, 3.63) is 76.9 Å². The summed E-state index contributed by atoms with van der Waals surface area (Å²) in [7, 11) is 0. The van der Waals surface area contributed by atoms with E-state index in [-0.39, 0.29) is 5.82 Å². The maximum absolute atomic E-state index is 13.6. The molecule has 30 heavy (non-hydrogen) atoms. The van der Waals surface area contributed by atoms with Gasteiger partial charge in [-0.15, -0.1) is 0 Å². The van der Waals surface area contributed by atoms with Crippen LogP contribution in [0, 0.1) is 24.1 Å². The molecule has 0 spiro atoms. The largest absolute Gasteiger partial charge is 0.485 e. The van der Waals surface area contributed by atoms with Gasteiger partial charge in [0.1, 0.15) is 34.7 Å². The number of nitriles is 1. The van der Waals surface area contributed by atoms with Crippen LogP contribution in [0.2, 0.25) is 0 Å². The first-order valence-corrected chi connectivity index (χ1v) is 9.64. The first-order chi connectivity index (χ1) is 14.3. The van der Waals surface area contributed by atoms with E-state index in [0.29, 0.717) is 40.6 Å². The number of anilines is 1. The standard InChI is InChI=1S/C23H22FN3O3/c1-14-10-17(26-30-14)13-27(18-7-5-16(24)6-8-18)21-19-11-15(12-25)4-9-20(19)29-23(2,3)22(21)28/h4-11,21-22,28H,13H2,1-3H3/t21?,22-/m1/s1. The van der Waals surface area contributed by atoms with Crippen molar-refractivity contribution < 1.29 is 18.8 Å². The molecule has 6 nitrogen and oxygen atoms in total. The summed E-state index contributed by atoms with van der Waals surface area (Å²) in [5.41, 5.74) is 1.64. The van der Waals surface area contributed by atoms with Crippen molar-refractivity contribution in [1.82, 2.24) is 5.16 Å². The molecule has 1 unspecified atom stereocenters. The molecule has 0 fully saturated rings. The molecule has 1 aliphatic rings. The third-order valence-corrected chi connectivity index (χ3v) is 5.35. The summed E-state index contributed by atoms with van der Waals surface area (Å²) in [4.78, 5) is 1.94. The quantitative estimate of drug-likeness (QED) is 0.695. The normalized spacial score (nSPS) is 19.5. The van der Waals surface area contributed by atoms with E-state index >= 15 is 0 Å². The van der Waals surface area contributed by atoms with Gasteiger partial charge in [-0.25, -0.2) is 4.39 Å². The molecule has 1 aliphatic heterocycles. The van der Waals surface area contributed by atoms with Crippen molar-refractivity contribution >= 4 is 5.69 Å². The number of halogens is 1. The highest BCUT2D eigenvalue weighted by Crippen LogP contribution is 2.45. The fraction of sp³-hybridized carbons (Fsp3) is 0.304. The summed E-state index contributed by atoms with van der Waals surface area (Å²) in [6, 6.07) is 14.6. The van der Waals surface area contributed by atoms with Gasteiger partial charge in [0, 0.05) is 17.3 Å². The van der Waals surface area contributed by atoms with Crippen LogP contribution in [-0.4, -0.2) is 22.0 Å². The second kappa shape index (κ2) is 7.47. The Bertz CT molecular complexity index is 1100. The fourth-order valence-electron chi connectivity index (χ4n) is 3.82. The maximum atomic E-state index is 13.6. The van der Waals surface area contributed by atoms with Crippen molar-refractivity contribution in [3.63, 3.8) is 0 Å². The van der Waals surface area contributed by atoms with Gasteiger partial charge in [0.05, 0.1) is 24.2 Å². The summed E-state index contributed by atoms with van der Waals surface area (Å²) in [5.74, 6) is 0.915. The topological polar surface area (TPSA) is 82.5 Å². The molecule has 4 rings (SSSR count). The van der Waals surface area contributed by atoms with Gasteiger partial charge in [-0.2, -0.15) is 5.26 Å². The van der Waals surface area contributed by atoms with Crippen molar-refractivity contribution in [2.24, 2.45) is 0 Å². The van der Waals surface area contributed by atoms with E-state index in [0.717, 1.165) is 0 Å². The van der Waals surface area contributed by atoms with Gasteiger partial charge in [0.2, 0.25) is 0 Å². The Morgan fingerprint density at radius 1 is 1.20 bits per heavy atom. The smallest absolute Gasteiger partial charge is 0.133 e. The molecule has 7 heteroatoms. The van der Waals surface area contributed by atoms with Crippen LogP contribution in [-0.2, 0) is 6.54 Å². The second-order valence-corrected chi connectivity index (χ2v) is 7.99. The Labute approximate surface area is 174 Å². The molecule has 2 aromatic carbocycles. The lowest BCUT2D eigenvalue weighted by Gasteiger charge is -2.47. The lowest BCUT2D eigenvalue weighted by atomic mass is 9.84. The van der Waals surface area contributed by atoms with Gasteiger partial charge in [-0.05, 0) is 63.2 Å². The van der Waals surface area contributed by atoms with E-state index < -0.39 is 17.7 Å². The van der Waals surface area contributed by atoms with Gasteiger partial charge >= 0.3 is 0 Å². The van der Waals surface area contributed by atoms with E-state index in [1.807, 2.05) is 24.8 Å². The maximum Gasteiger partial charge on any atom is 0.133 e. The number of hydrogen-bond donors (Lipinski definition) is 1. The number of rotatable bonds is 4. The molecule has 0 saturated heterocycles. The minimum absolute atomic E-state index is 0.316. The molecule has 154 valence electrons. The lowest BCUT2D eigenvalue weighted by molar-refractivity contribution is -0.0590. The molecule has 0 aliphatic carbocycles. The number of aliphatic hydroxyl groups is 1. The third kappa shape index (κ3) is 3.62. The SMILES string of the molecule is Cc1cc(CN(c2ccc(F)cc2)C2c3cc(C#N)ccc3OC(C)(C)[C@@H]2O)no1. The molecular weight excluding hydrogens is 385 g/mol. The highest BCUT2D eigenvalue weighted by molar-refractivity contribution is 5.55. The van der Waals surface area contributed by atoms with Crippen molar-refractivity contribution in [2.75, 3.05) is 4.90 Å². The van der Waals surface area contributed by atoms with Crippen molar-refractivity contribution in [3.8, 4) is 11.8 Å². The minimum Gasteiger partial charge on any atom is -0.485 e. The van der Waals surface area contributed by atoms with Gasteiger partial charge in [0.25, 0.3) is 0 Å². The molecule has 2 heterocycles. The van der Waals surface area contributed by atoms with Crippen LogP contribution >= 0.6 is 0 Å². The van der Waals surface area contributed by atoms with Gasteiger partial charge in [-0.3, -0.25) is 0 Å². The molecule has 2 atom stereocenters. The predicted octanol–water partition coefficient (Wildman–Crippen LogP) is 4.27. The summed E-state index contributed by atoms with van der Waals surface area (Å²) >= 11 is 0. The van der Waals surface area contributed by atoms with E-state index in [4.69, 9.17) is 9.26 Å². The van der Waals surface area contributed by atoms with Crippen LogP contribution in [0.15, 0.2) is 53.1 Å². The molecule has 0 amide bonds. The molecular formula is C23H22FN3O3. The fourth-order valence-corrected chi connectivity index (χ4v) is 3.82. The van der Waals surface area contributed by atoms with Crippen LogP contribution in [0.4, 0.5) is 10.1 Å². The Morgan fingerprint density at radius 3 is 2.57 bits per heavy atom. The Hall–Kier alpha value is -3.37. The average Bonchev–Trinajstić information content (AvgIpc) is 3.13. The van der Waals surface area contributed by atoms with Crippen molar-refractivity contribution in [2.45, 2.75) is 45.1 Å². The van der Waals surface area contributed by atoms with Crippen LogP contribution in [0.1, 0.15) is 42.5 Å². The highest BCUT2D eigenvalue weighted by Gasteiger charge is 2.46. The van der Waals surface area contributed by atoms with Crippen LogP contribution in [0.3, 0.4) is 0 Å². The van der Waals surface area contributed by atoms with Crippen LogP contribution < -0.4 is 9.64 Å². The Balaban J connectivity index is 1.87. The number of ether oxygens (including phenoxy) is 1. The van der Waals surface area contributed by atoms with E-state index in [2.05, 4.69) is 11.2 Å². The number of benzene rings is 2. The molecule has 3 aromatic rings. The number of aryl methyl sites for hydroxylation is 1. The highest BCUT2D eigenvalue weighted by atomic mass is 19.1. The zero-order chi connectivity index (χ0) is 21.5. The number of aliphatic hydroxyl groups excluding tert-OH is 1. The van der Waals surface area contributed by atoms with E-state index in [1.54, 1.807) is 37.3 Å². The predicted molar refractivity (Wildman–Crippen MR) is 108 cm³/mol. The van der Waals surface area contributed by atoms with Gasteiger partial charge in [-0.1, -0.05) is 5.16 Å². The number of hydrogen-bond acceptors (Lipinski definition) is 6. The minimum atomic E-state index is -0.933. The number of fused-ring (bicyclic) bond motifs is 1. The van der Waals surface area contributed by atoms with Gasteiger partial charge < -0.3 is 19.3 Å². The second-order valence-electron chi connectivity index (χ2n) is 7.99. The molecule has 0 bridgehead atoms. The lowest BCUT2D eigenvalue weighted by Crippen LogP contribution is -2.53. The molecule has 1 aromatic heterocycles. The van der Waals surface area contributed by atoms with E-state index in [9.17, 15) is 14.8 Å². The molecule has 0 saturated carbocycles. The van der Waals surface area contributed by atoms with Crippen molar-refractivity contribution in [1.29, 1.82) is 5.26 Å². The zero-order valence-electron chi connectivity index (χ0n) is 17.0. The van der Waals surface area contributed by atoms with Crippen LogP contribution in [0.5, 0.6) is 5.75 Å². The average molecular weight is 407 g/mol. The zero-order valence-corrected chi connectivity index (χ0v) is 17.0. The first kappa shape index (κ1) is 19.9. The monoisotopic (exact) mass is 407 g/mol. The van der Waals surface area contributed by atoms with Crippen LogP contribution in [0.25, 0.3) is 0 Å². The number of nitrogens with zero attached hydrogens (tertiary/aromatic N) is 3. The Morgan fingerprint density at radius 2 is 1.93 bits per heavy atom. The molecule has 1 N–H and O–H groups in total. The van der Waals surface area contributed by atoms with E-state index in [1.165, 1.54) is 12.1 Å².